The number of hydrogen-bond acceptors (Lipinski definition) is 7. The van der Waals surface area contributed by atoms with Gasteiger partial charge in [0.15, 0.2) is 0 Å². The van der Waals surface area contributed by atoms with Crippen LogP contribution < -0.4 is 0 Å². The van der Waals surface area contributed by atoms with Gasteiger partial charge in [-0.3, -0.25) is 4.79 Å². The molecule has 5 atom stereocenters. The molecule has 1 aliphatic rings. The second kappa shape index (κ2) is 17.6. The van der Waals surface area contributed by atoms with Gasteiger partial charge in [0.05, 0.1) is 45.7 Å². The molecule has 4 aromatic carbocycles. The Morgan fingerprint density at radius 1 is 0.556 bits per heavy atom. The van der Waals surface area contributed by atoms with Crippen LogP contribution in [0.2, 0.25) is 0 Å². The van der Waals surface area contributed by atoms with Gasteiger partial charge in [-0.05, 0) is 22.3 Å². The van der Waals surface area contributed by atoms with Crippen LogP contribution in [0.1, 0.15) is 35.6 Å². The highest BCUT2D eigenvalue weighted by Gasteiger charge is 2.48. The molecule has 0 bridgehead atoms. The summed E-state index contributed by atoms with van der Waals surface area (Å²) in [5, 5.41) is 0. The smallest absolute Gasteiger partial charge is 0.302 e. The average Bonchev–Trinajstić information content (AvgIpc) is 3.08. The lowest BCUT2D eigenvalue weighted by Gasteiger charge is -2.46. The Bertz CT molecular complexity index is 1390. The molecule has 0 N–H and O–H groups in total. The summed E-state index contributed by atoms with van der Waals surface area (Å²) in [5.74, 6) is -0.337. The number of carbonyl (C=O) groups excluding carboxylic acids is 1. The van der Waals surface area contributed by atoms with Gasteiger partial charge < -0.3 is 28.4 Å². The lowest BCUT2D eigenvalue weighted by molar-refractivity contribution is -0.274. The molecule has 0 radical (unpaired) electrons. The topological polar surface area (TPSA) is 72.5 Å². The Kier molecular flexibility index (Phi) is 12.7. The van der Waals surface area contributed by atoms with E-state index in [0.29, 0.717) is 32.8 Å². The van der Waals surface area contributed by atoms with Crippen LogP contribution in [0.3, 0.4) is 0 Å². The third-order valence-corrected chi connectivity index (χ3v) is 7.69. The average molecular weight is 611 g/mol. The lowest BCUT2D eigenvalue weighted by Crippen LogP contribution is -2.61. The van der Waals surface area contributed by atoms with Crippen molar-refractivity contribution in [3.8, 4) is 0 Å². The van der Waals surface area contributed by atoms with Gasteiger partial charge in [0.25, 0.3) is 0 Å². The molecule has 7 heteroatoms. The molecule has 45 heavy (non-hydrogen) atoms. The molecule has 0 spiro atoms. The highest BCUT2D eigenvalue weighted by Crippen LogP contribution is 2.32. The SMILES string of the molecule is CC(=O)OCC[C@@H]1O[C@H](COCc2ccccc2)[C@H](OCc2ccccc2)[C@H](OCc2ccccc2)[C@H]1OCc1ccccc1. The van der Waals surface area contributed by atoms with Crippen molar-refractivity contribution in [1.82, 2.24) is 0 Å². The minimum Gasteiger partial charge on any atom is -0.466 e. The van der Waals surface area contributed by atoms with E-state index in [2.05, 4.69) is 0 Å². The van der Waals surface area contributed by atoms with Crippen LogP contribution in [0.25, 0.3) is 0 Å². The molecule has 0 unspecified atom stereocenters. The van der Waals surface area contributed by atoms with E-state index >= 15 is 0 Å². The summed E-state index contributed by atoms with van der Waals surface area (Å²) in [7, 11) is 0. The van der Waals surface area contributed by atoms with E-state index < -0.39 is 30.5 Å². The van der Waals surface area contributed by atoms with Gasteiger partial charge in [0.1, 0.15) is 24.4 Å². The molecule has 0 saturated carbocycles. The van der Waals surface area contributed by atoms with E-state index in [9.17, 15) is 4.79 Å². The van der Waals surface area contributed by atoms with E-state index in [1.807, 2.05) is 121 Å². The first-order valence-corrected chi connectivity index (χ1v) is 15.5. The summed E-state index contributed by atoms with van der Waals surface area (Å²) in [5.41, 5.74) is 4.19. The molecule has 1 saturated heterocycles. The Morgan fingerprint density at radius 3 is 1.40 bits per heavy atom. The van der Waals surface area contributed by atoms with Crippen LogP contribution in [0.4, 0.5) is 0 Å². The van der Waals surface area contributed by atoms with Crippen molar-refractivity contribution in [1.29, 1.82) is 0 Å². The van der Waals surface area contributed by atoms with Crippen LogP contribution >= 0.6 is 0 Å². The number of esters is 1. The van der Waals surface area contributed by atoms with E-state index in [0.717, 1.165) is 22.3 Å². The van der Waals surface area contributed by atoms with Crippen molar-refractivity contribution in [2.75, 3.05) is 13.2 Å². The van der Waals surface area contributed by atoms with Gasteiger partial charge >= 0.3 is 5.97 Å². The molecule has 7 nitrogen and oxygen atoms in total. The molecule has 1 fully saturated rings. The Morgan fingerprint density at radius 2 is 0.956 bits per heavy atom. The Balaban J connectivity index is 1.42. The Hall–Kier alpha value is -3.85. The first kappa shape index (κ1) is 32.5. The summed E-state index contributed by atoms with van der Waals surface area (Å²) < 4.78 is 38.3. The first-order chi connectivity index (χ1) is 22.2. The molecular weight excluding hydrogens is 568 g/mol. The zero-order valence-corrected chi connectivity index (χ0v) is 25.7. The molecule has 0 aliphatic carbocycles. The lowest BCUT2D eigenvalue weighted by atomic mass is 9.92. The third-order valence-electron chi connectivity index (χ3n) is 7.69. The van der Waals surface area contributed by atoms with Crippen LogP contribution in [0, 0.1) is 0 Å². The quantitative estimate of drug-likeness (QED) is 0.131. The molecule has 1 aliphatic heterocycles. The molecule has 0 aromatic heterocycles. The van der Waals surface area contributed by atoms with Gasteiger partial charge in [0.2, 0.25) is 0 Å². The van der Waals surface area contributed by atoms with Crippen molar-refractivity contribution in [3.63, 3.8) is 0 Å². The summed E-state index contributed by atoms with van der Waals surface area (Å²) in [6, 6.07) is 40.2. The van der Waals surface area contributed by atoms with Gasteiger partial charge in [-0.25, -0.2) is 0 Å². The first-order valence-electron chi connectivity index (χ1n) is 15.5. The number of benzene rings is 4. The number of hydrogen-bond donors (Lipinski definition) is 0. The Labute approximate surface area is 266 Å². The molecular formula is C38H42O7. The highest BCUT2D eigenvalue weighted by molar-refractivity contribution is 5.65. The monoisotopic (exact) mass is 610 g/mol. The standard InChI is InChI=1S/C38H42O7/c1-29(39)41-23-22-34-36(42-25-31-16-8-3-9-17-31)38(44-27-33-20-12-5-13-21-33)37(43-26-32-18-10-4-11-19-32)35(45-34)28-40-24-30-14-6-2-7-15-30/h2-21,34-38H,22-28H2,1H3/t34-,35+,36-,37-,38+/m0/s1. The van der Waals surface area contributed by atoms with Crippen molar-refractivity contribution >= 4 is 5.97 Å². The van der Waals surface area contributed by atoms with E-state index in [1.165, 1.54) is 6.92 Å². The maximum Gasteiger partial charge on any atom is 0.302 e. The van der Waals surface area contributed by atoms with Gasteiger partial charge in [0, 0.05) is 13.3 Å². The predicted molar refractivity (Wildman–Crippen MR) is 171 cm³/mol. The normalized spacial score (nSPS) is 21.3. The molecule has 1 heterocycles. The molecule has 4 aromatic rings. The summed E-state index contributed by atoms with van der Waals surface area (Å²) in [4.78, 5) is 11.7. The maximum atomic E-state index is 11.7. The van der Waals surface area contributed by atoms with Crippen LogP contribution in [-0.2, 0) is 59.6 Å². The minimum atomic E-state index is -0.504. The molecule has 5 rings (SSSR count). The van der Waals surface area contributed by atoms with Crippen LogP contribution in [0.5, 0.6) is 0 Å². The fraction of sp³-hybridized carbons (Fsp3) is 0.342. The summed E-state index contributed by atoms with van der Waals surface area (Å²) >= 11 is 0. The van der Waals surface area contributed by atoms with Crippen LogP contribution in [-0.4, -0.2) is 49.7 Å². The third kappa shape index (κ3) is 10.3. The molecule has 236 valence electrons. The summed E-state index contributed by atoms with van der Waals surface area (Å²) in [6.07, 6.45) is -1.97. The second-order valence-corrected chi connectivity index (χ2v) is 11.1. The zero-order chi connectivity index (χ0) is 31.1. The van der Waals surface area contributed by atoms with Crippen molar-refractivity contribution < 1.29 is 33.2 Å². The van der Waals surface area contributed by atoms with E-state index in [-0.39, 0.29) is 19.2 Å². The maximum absolute atomic E-state index is 11.7. The minimum absolute atomic E-state index is 0.198. The number of rotatable bonds is 16. The number of ether oxygens (including phenoxy) is 6. The molecule has 0 amide bonds. The van der Waals surface area contributed by atoms with Gasteiger partial charge in [-0.1, -0.05) is 121 Å². The zero-order valence-electron chi connectivity index (χ0n) is 25.7. The van der Waals surface area contributed by atoms with Crippen molar-refractivity contribution in [3.05, 3.63) is 144 Å². The highest BCUT2D eigenvalue weighted by atomic mass is 16.6. The van der Waals surface area contributed by atoms with Gasteiger partial charge in [-0.15, -0.1) is 0 Å². The van der Waals surface area contributed by atoms with Gasteiger partial charge in [-0.2, -0.15) is 0 Å². The predicted octanol–water partition coefficient (Wildman–Crippen LogP) is 6.68. The van der Waals surface area contributed by atoms with Crippen molar-refractivity contribution in [2.24, 2.45) is 0 Å². The van der Waals surface area contributed by atoms with E-state index in [1.54, 1.807) is 0 Å². The largest absolute Gasteiger partial charge is 0.466 e. The number of carbonyl (C=O) groups is 1. The fourth-order valence-electron chi connectivity index (χ4n) is 5.44. The van der Waals surface area contributed by atoms with Crippen molar-refractivity contribution in [2.45, 2.75) is 70.3 Å². The fourth-order valence-corrected chi connectivity index (χ4v) is 5.44. The second-order valence-electron chi connectivity index (χ2n) is 11.1. The summed E-state index contributed by atoms with van der Waals surface area (Å²) in [6.45, 7) is 3.44. The van der Waals surface area contributed by atoms with E-state index in [4.69, 9.17) is 28.4 Å². The van der Waals surface area contributed by atoms with Crippen LogP contribution in [0.15, 0.2) is 121 Å².